The van der Waals surface area contributed by atoms with Gasteiger partial charge in [0.2, 0.25) is 0 Å². The van der Waals surface area contributed by atoms with Gasteiger partial charge in [0.05, 0.1) is 0 Å². The molecule has 0 fully saturated rings. The standard InChI is InChI=1S/C17H27N/c1-12(2)13(3)18-16-10-11-17(4,5)15-9-7-6-8-14(15)16/h6-9,12-13,16,18H,10-11H2,1-5H3. The molecule has 0 bridgehead atoms. The number of rotatable bonds is 3. The van der Waals surface area contributed by atoms with Crippen LogP contribution in [0.15, 0.2) is 24.3 Å². The van der Waals surface area contributed by atoms with E-state index in [1.54, 1.807) is 0 Å². The van der Waals surface area contributed by atoms with E-state index in [9.17, 15) is 0 Å². The van der Waals surface area contributed by atoms with Crippen molar-refractivity contribution < 1.29 is 0 Å². The summed E-state index contributed by atoms with van der Waals surface area (Å²) in [7, 11) is 0. The summed E-state index contributed by atoms with van der Waals surface area (Å²) in [6, 6.07) is 10.1. The van der Waals surface area contributed by atoms with Crippen molar-refractivity contribution in [3.05, 3.63) is 35.4 Å². The van der Waals surface area contributed by atoms with Crippen LogP contribution in [0.4, 0.5) is 0 Å². The van der Waals surface area contributed by atoms with Crippen molar-refractivity contribution in [2.45, 2.75) is 65.0 Å². The van der Waals surface area contributed by atoms with Gasteiger partial charge >= 0.3 is 0 Å². The van der Waals surface area contributed by atoms with Crippen LogP contribution in [0, 0.1) is 5.92 Å². The average molecular weight is 245 g/mol. The number of hydrogen-bond acceptors (Lipinski definition) is 1. The Morgan fingerprint density at radius 3 is 2.50 bits per heavy atom. The number of nitrogens with one attached hydrogen (secondary N) is 1. The van der Waals surface area contributed by atoms with Crippen molar-refractivity contribution in [2.75, 3.05) is 0 Å². The maximum atomic E-state index is 3.81. The first-order valence-corrected chi connectivity index (χ1v) is 7.27. The van der Waals surface area contributed by atoms with E-state index in [0.717, 1.165) is 0 Å². The van der Waals surface area contributed by atoms with Crippen molar-refractivity contribution in [3.63, 3.8) is 0 Å². The van der Waals surface area contributed by atoms with Crippen molar-refractivity contribution in [1.82, 2.24) is 5.32 Å². The van der Waals surface area contributed by atoms with Gasteiger partial charge in [-0.2, -0.15) is 0 Å². The monoisotopic (exact) mass is 245 g/mol. The fraction of sp³-hybridized carbons (Fsp3) is 0.647. The smallest absolute Gasteiger partial charge is 0.0325 e. The third-order valence-electron chi connectivity index (χ3n) is 4.59. The molecule has 1 nitrogen and oxygen atoms in total. The Morgan fingerprint density at radius 2 is 1.83 bits per heavy atom. The molecule has 0 spiro atoms. The van der Waals surface area contributed by atoms with Gasteiger partial charge in [0.25, 0.3) is 0 Å². The minimum absolute atomic E-state index is 0.329. The zero-order chi connectivity index (χ0) is 13.3. The molecule has 0 aliphatic heterocycles. The van der Waals surface area contributed by atoms with Gasteiger partial charge in [0.15, 0.2) is 0 Å². The molecule has 1 aliphatic rings. The van der Waals surface area contributed by atoms with Gasteiger partial charge in [-0.05, 0) is 42.2 Å². The van der Waals surface area contributed by atoms with Crippen LogP contribution in [0.3, 0.4) is 0 Å². The van der Waals surface area contributed by atoms with Crippen LogP contribution < -0.4 is 5.32 Å². The Hall–Kier alpha value is -0.820. The van der Waals surface area contributed by atoms with Gasteiger partial charge in [-0.1, -0.05) is 52.0 Å². The van der Waals surface area contributed by atoms with Gasteiger partial charge in [-0.3, -0.25) is 0 Å². The van der Waals surface area contributed by atoms with E-state index in [-0.39, 0.29) is 0 Å². The van der Waals surface area contributed by atoms with Crippen LogP contribution in [0.25, 0.3) is 0 Å². The lowest BCUT2D eigenvalue weighted by Gasteiger charge is -2.39. The molecule has 0 saturated carbocycles. The summed E-state index contributed by atoms with van der Waals surface area (Å²) >= 11 is 0. The minimum atomic E-state index is 0.329. The Labute approximate surface area is 112 Å². The van der Waals surface area contributed by atoms with Crippen LogP contribution in [0.2, 0.25) is 0 Å². The van der Waals surface area contributed by atoms with Gasteiger partial charge in [0, 0.05) is 12.1 Å². The molecule has 0 saturated heterocycles. The number of fused-ring (bicyclic) bond motifs is 1. The summed E-state index contributed by atoms with van der Waals surface area (Å²) in [5, 5.41) is 3.81. The molecule has 18 heavy (non-hydrogen) atoms. The first-order chi connectivity index (χ1) is 8.42. The van der Waals surface area contributed by atoms with Crippen molar-refractivity contribution in [2.24, 2.45) is 5.92 Å². The summed E-state index contributed by atoms with van der Waals surface area (Å²) in [5.74, 6) is 0.687. The van der Waals surface area contributed by atoms with Crippen molar-refractivity contribution in [3.8, 4) is 0 Å². The Bertz CT molecular complexity index is 406. The highest BCUT2D eigenvalue weighted by molar-refractivity contribution is 5.38. The van der Waals surface area contributed by atoms with E-state index in [4.69, 9.17) is 0 Å². The van der Waals surface area contributed by atoms with Crippen LogP contribution in [0.1, 0.15) is 64.6 Å². The van der Waals surface area contributed by atoms with E-state index in [2.05, 4.69) is 64.2 Å². The molecule has 1 heteroatoms. The third kappa shape index (κ3) is 2.61. The summed E-state index contributed by atoms with van der Waals surface area (Å²) in [4.78, 5) is 0. The summed E-state index contributed by atoms with van der Waals surface area (Å²) in [6.45, 7) is 11.6. The summed E-state index contributed by atoms with van der Waals surface area (Å²) in [6.07, 6.45) is 2.52. The molecule has 100 valence electrons. The van der Waals surface area contributed by atoms with E-state index in [0.29, 0.717) is 23.4 Å². The fourth-order valence-corrected chi connectivity index (χ4v) is 2.90. The van der Waals surface area contributed by atoms with Gasteiger partial charge < -0.3 is 5.32 Å². The molecular weight excluding hydrogens is 218 g/mol. The average Bonchev–Trinajstić information content (AvgIpc) is 2.33. The second-order valence-corrected chi connectivity index (χ2v) is 6.76. The molecular formula is C17H27N. The van der Waals surface area contributed by atoms with Gasteiger partial charge in [-0.15, -0.1) is 0 Å². The molecule has 1 N–H and O–H groups in total. The zero-order valence-corrected chi connectivity index (χ0v) is 12.5. The minimum Gasteiger partial charge on any atom is -0.307 e. The zero-order valence-electron chi connectivity index (χ0n) is 12.5. The molecule has 1 aromatic rings. The summed E-state index contributed by atoms with van der Waals surface area (Å²) < 4.78 is 0. The predicted molar refractivity (Wildman–Crippen MR) is 78.9 cm³/mol. The maximum absolute atomic E-state index is 3.81. The first-order valence-electron chi connectivity index (χ1n) is 7.27. The highest BCUT2D eigenvalue weighted by Crippen LogP contribution is 2.41. The van der Waals surface area contributed by atoms with E-state index >= 15 is 0 Å². The van der Waals surface area contributed by atoms with Crippen LogP contribution in [-0.4, -0.2) is 6.04 Å². The molecule has 2 atom stereocenters. The Morgan fingerprint density at radius 1 is 1.17 bits per heavy atom. The molecule has 1 aromatic carbocycles. The second kappa shape index (κ2) is 5.05. The lowest BCUT2D eigenvalue weighted by Crippen LogP contribution is -2.38. The van der Waals surface area contributed by atoms with Crippen LogP contribution in [-0.2, 0) is 5.41 Å². The van der Waals surface area contributed by atoms with Crippen molar-refractivity contribution >= 4 is 0 Å². The van der Waals surface area contributed by atoms with Crippen LogP contribution >= 0.6 is 0 Å². The maximum Gasteiger partial charge on any atom is 0.0325 e. The van der Waals surface area contributed by atoms with E-state index in [1.807, 2.05) is 0 Å². The first kappa shape index (κ1) is 13.6. The summed E-state index contributed by atoms with van der Waals surface area (Å²) in [5.41, 5.74) is 3.38. The van der Waals surface area contributed by atoms with Crippen LogP contribution in [0.5, 0.6) is 0 Å². The highest BCUT2D eigenvalue weighted by Gasteiger charge is 2.32. The van der Waals surface area contributed by atoms with Gasteiger partial charge in [0.1, 0.15) is 0 Å². The molecule has 2 rings (SSSR count). The SMILES string of the molecule is CC(C)C(C)NC1CCC(C)(C)c2ccccc21. The molecule has 0 amide bonds. The number of hydrogen-bond donors (Lipinski definition) is 1. The topological polar surface area (TPSA) is 12.0 Å². The Balaban J connectivity index is 2.26. The quantitative estimate of drug-likeness (QED) is 0.830. The van der Waals surface area contributed by atoms with Crippen molar-refractivity contribution in [1.29, 1.82) is 0 Å². The molecule has 0 aromatic heterocycles. The fourth-order valence-electron chi connectivity index (χ4n) is 2.90. The van der Waals surface area contributed by atoms with Gasteiger partial charge in [-0.25, -0.2) is 0 Å². The van der Waals surface area contributed by atoms with E-state index in [1.165, 1.54) is 24.0 Å². The Kier molecular flexibility index (Phi) is 3.82. The normalized spacial score (nSPS) is 23.8. The third-order valence-corrected chi connectivity index (χ3v) is 4.59. The molecule has 0 radical (unpaired) electrons. The largest absolute Gasteiger partial charge is 0.307 e. The predicted octanol–water partition coefficient (Wildman–Crippen LogP) is 4.43. The number of benzene rings is 1. The lowest BCUT2D eigenvalue weighted by molar-refractivity contribution is 0.310. The van der Waals surface area contributed by atoms with E-state index < -0.39 is 0 Å². The molecule has 0 heterocycles. The lowest BCUT2D eigenvalue weighted by atomic mass is 9.71. The molecule has 1 aliphatic carbocycles. The molecule has 2 unspecified atom stereocenters. The second-order valence-electron chi connectivity index (χ2n) is 6.76. The highest BCUT2D eigenvalue weighted by atomic mass is 15.0.